The molecule has 2 unspecified atom stereocenters. The Morgan fingerprint density at radius 1 is 1.69 bits per heavy atom. The number of piperidine rings is 1. The fourth-order valence-corrected chi connectivity index (χ4v) is 1.74. The molecule has 1 amide bonds. The van der Waals surface area contributed by atoms with Gasteiger partial charge in [0.25, 0.3) is 0 Å². The molecule has 1 fully saturated rings. The average molecular weight is 185 g/mol. The van der Waals surface area contributed by atoms with E-state index in [0.717, 1.165) is 12.8 Å². The Kier molecular flexibility index (Phi) is 3.28. The lowest BCUT2D eigenvalue weighted by atomic mass is 9.84. The van der Waals surface area contributed by atoms with Crippen LogP contribution in [0.2, 0.25) is 0 Å². The quantitative estimate of drug-likeness (QED) is 0.498. The minimum Gasteiger partial charge on any atom is -0.468 e. The summed E-state index contributed by atoms with van der Waals surface area (Å²) < 4.78 is 4.59. The molecule has 0 saturated carbocycles. The summed E-state index contributed by atoms with van der Waals surface area (Å²) in [6, 6.07) is 0. The summed E-state index contributed by atoms with van der Waals surface area (Å²) in [6.07, 6.45) is 1.70. The molecule has 74 valence electrons. The van der Waals surface area contributed by atoms with Crippen LogP contribution in [0, 0.1) is 11.8 Å². The molecule has 0 aliphatic carbocycles. The van der Waals surface area contributed by atoms with E-state index in [2.05, 4.69) is 10.1 Å². The first kappa shape index (κ1) is 10.0. The molecule has 0 aromatic carbocycles. The van der Waals surface area contributed by atoms with Gasteiger partial charge in [-0.2, -0.15) is 0 Å². The molecule has 0 aromatic heterocycles. The van der Waals surface area contributed by atoms with Crippen LogP contribution in [0.15, 0.2) is 0 Å². The van der Waals surface area contributed by atoms with E-state index < -0.39 is 11.9 Å². The van der Waals surface area contributed by atoms with Crippen molar-refractivity contribution in [2.45, 2.75) is 19.8 Å². The lowest BCUT2D eigenvalue weighted by Crippen LogP contribution is -2.46. The van der Waals surface area contributed by atoms with Crippen molar-refractivity contribution < 1.29 is 14.3 Å². The van der Waals surface area contributed by atoms with Gasteiger partial charge in [-0.15, -0.1) is 0 Å². The molecule has 1 rings (SSSR count). The smallest absolute Gasteiger partial charge is 0.318 e. The largest absolute Gasteiger partial charge is 0.468 e. The van der Waals surface area contributed by atoms with Crippen LogP contribution >= 0.6 is 0 Å². The second-order valence-corrected chi connectivity index (χ2v) is 3.25. The van der Waals surface area contributed by atoms with Gasteiger partial charge in [0.2, 0.25) is 5.91 Å². The van der Waals surface area contributed by atoms with Crippen LogP contribution in [0.25, 0.3) is 0 Å². The third kappa shape index (κ3) is 1.99. The van der Waals surface area contributed by atoms with Gasteiger partial charge in [-0.1, -0.05) is 13.3 Å². The summed E-state index contributed by atoms with van der Waals surface area (Å²) in [7, 11) is 1.32. The number of rotatable bonds is 2. The van der Waals surface area contributed by atoms with Crippen molar-refractivity contribution in [1.82, 2.24) is 5.32 Å². The maximum absolute atomic E-state index is 11.4. The van der Waals surface area contributed by atoms with E-state index in [0.29, 0.717) is 6.54 Å². The Hall–Kier alpha value is -1.06. The van der Waals surface area contributed by atoms with E-state index in [-0.39, 0.29) is 11.8 Å². The molecule has 0 spiro atoms. The van der Waals surface area contributed by atoms with Gasteiger partial charge < -0.3 is 10.1 Å². The number of ether oxygens (including phenoxy) is 1. The van der Waals surface area contributed by atoms with Crippen LogP contribution in [0.4, 0.5) is 0 Å². The van der Waals surface area contributed by atoms with Crippen molar-refractivity contribution in [3.05, 3.63) is 0 Å². The van der Waals surface area contributed by atoms with Crippen molar-refractivity contribution in [3.8, 4) is 0 Å². The van der Waals surface area contributed by atoms with Gasteiger partial charge >= 0.3 is 5.97 Å². The molecule has 1 heterocycles. The van der Waals surface area contributed by atoms with Crippen LogP contribution in [0.5, 0.6) is 0 Å². The van der Waals surface area contributed by atoms with E-state index in [1.165, 1.54) is 7.11 Å². The number of hydrogen-bond acceptors (Lipinski definition) is 3. The van der Waals surface area contributed by atoms with Gasteiger partial charge in [-0.3, -0.25) is 9.59 Å². The van der Waals surface area contributed by atoms with Gasteiger partial charge in [0.1, 0.15) is 5.92 Å². The highest BCUT2D eigenvalue weighted by Crippen LogP contribution is 2.24. The second-order valence-electron chi connectivity index (χ2n) is 3.25. The SMILES string of the molecule is CCC1CCNC(=O)C1C(=O)OC. The van der Waals surface area contributed by atoms with Gasteiger partial charge in [-0.25, -0.2) is 0 Å². The zero-order chi connectivity index (χ0) is 9.84. The van der Waals surface area contributed by atoms with E-state index in [4.69, 9.17) is 0 Å². The highest BCUT2D eigenvalue weighted by atomic mass is 16.5. The molecular formula is C9H15NO3. The molecule has 1 aliphatic heterocycles. The summed E-state index contributed by atoms with van der Waals surface area (Å²) in [5.74, 6) is -1.06. The summed E-state index contributed by atoms with van der Waals surface area (Å²) in [4.78, 5) is 22.6. The molecule has 0 aromatic rings. The van der Waals surface area contributed by atoms with Crippen LogP contribution in [0.1, 0.15) is 19.8 Å². The van der Waals surface area contributed by atoms with E-state index in [1.54, 1.807) is 0 Å². The van der Waals surface area contributed by atoms with Crippen LogP contribution in [-0.2, 0) is 14.3 Å². The first-order chi connectivity index (χ1) is 6.20. The van der Waals surface area contributed by atoms with Crippen molar-refractivity contribution in [2.75, 3.05) is 13.7 Å². The molecule has 1 saturated heterocycles. The van der Waals surface area contributed by atoms with Gasteiger partial charge in [0, 0.05) is 6.54 Å². The lowest BCUT2D eigenvalue weighted by Gasteiger charge is -2.28. The Bertz CT molecular complexity index is 207. The molecule has 1 N–H and O–H groups in total. The molecule has 0 radical (unpaired) electrons. The number of amides is 1. The molecule has 1 aliphatic rings. The fourth-order valence-electron chi connectivity index (χ4n) is 1.74. The molecule has 0 bridgehead atoms. The number of nitrogens with one attached hydrogen (secondary N) is 1. The van der Waals surface area contributed by atoms with E-state index in [9.17, 15) is 9.59 Å². The van der Waals surface area contributed by atoms with E-state index in [1.807, 2.05) is 6.92 Å². The molecule has 2 atom stereocenters. The predicted octanol–water partition coefficient (Wildman–Crippen LogP) is 0.322. The first-order valence-electron chi connectivity index (χ1n) is 4.56. The highest BCUT2D eigenvalue weighted by molar-refractivity contribution is 5.98. The van der Waals surface area contributed by atoms with Crippen molar-refractivity contribution in [2.24, 2.45) is 11.8 Å². The van der Waals surface area contributed by atoms with Crippen LogP contribution in [0.3, 0.4) is 0 Å². The standard InChI is InChI=1S/C9H15NO3/c1-3-6-4-5-10-8(11)7(6)9(12)13-2/h6-7H,3-5H2,1-2H3,(H,10,11). The minimum atomic E-state index is -0.594. The fraction of sp³-hybridized carbons (Fsp3) is 0.778. The highest BCUT2D eigenvalue weighted by Gasteiger charge is 2.37. The van der Waals surface area contributed by atoms with Crippen molar-refractivity contribution in [1.29, 1.82) is 0 Å². The second kappa shape index (κ2) is 4.25. The number of hydrogen-bond donors (Lipinski definition) is 1. The normalized spacial score (nSPS) is 28.0. The Balaban J connectivity index is 2.73. The van der Waals surface area contributed by atoms with Gasteiger partial charge in [0.15, 0.2) is 0 Å². The third-order valence-corrected chi connectivity index (χ3v) is 2.55. The van der Waals surface area contributed by atoms with Crippen LogP contribution in [-0.4, -0.2) is 25.5 Å². The summed E-state index contributed by atoms with van der Waals surface area (Å²) in [5.41, 5.74) is 0. The zero-order valence-corrected chi connectivity index (χ0v) is 8.00. The molecule has 4 nitrogen and oxygen atoms in total. The topological polar surface area (TPSA) is 55.4 Å². The maximum atomic E-state index is 11.4. The summed E-state index contributed by atoms with van der Waals surface area (Å²) in [6.45, 7) is 2.66. The first-order valence-corrected chi connectivity index (χ1v) is 4.56. The van der Waals surface area contributed by atoms with Crippen LogP contribution < -0.4 is 5.32 Å². The lowest BCUT2D eigenvalue weighted by molar-refractivity contribution is -0.154. The monoisotopic (exact) mass is 185 g/mol. The van der Waals surface area contributed by atoms with Crippen molar-refractivity contribution in [3.63, 3.8) is 0 Å². The Morgan fingerprint density at radius 3 is 2.92 bits per heavy atom. The average Bonchev–Trinajstić information content (AvgIpc) is 2.16. The molecule has 13 heavy (non-hydrogen) atoms. The summed E-state index contributed by atoms with van der Waals surface area (Å²) in [5, 5.41) is 2.67. The maximum Gasteiger partial charge on any atom is 0.318 e. The number of carbonyl (C=O) groups is 2. The van der Waals surface area contributed by atoms with Gasteiger partial charge in [-0.05, 0) is 12.3 Å². The van der Waals surface area contributed by atoms with E-state index >= 15 is 0 Å². The van der Waals surface area contributed by atoms with Crippen molar-refractivity contribution >= 4 is 11.9 Å². The number of carbonyl (C=O) groups excluding carboxylic acids is 2. The predicted molar refractivity (Wildman–Crippen MR) is 46.9 cm³/mol. The summed E-state index contributed by atoms with van der Waals surface area (Å²) >= 11 is 0. The molecular weight excluding hydrogens is 170 g/mol. The number of methoxy groups -OCH3 is 1. The van der Waals surface area contributed by atoms with Gasteiger partial charge in [0.05, 0.1) is 7.11 Å². The zero-order valence-electron chi connectivity index (χ0n) is 8.00. The number of esters is 1. The molecule has 4 heteroatoms. The minimum absolute atomic E-state index is 0.140. The Labute approximate surface area is 77.6 Å². The Morgan fingerprint density at radius 2 is 2.38 bits per heavy atom. The third-order valence-electron chi connectivity index (χ3n) is 2.55.